The van der Waals surface area contributed by atoms with Gasteiger partial charge in [0.2, 0.25) is 5.91 Å². The first-order valence-corrected chi connectivity index (χ1v) is 5.98. The number of amides is 1. The molecule has 1 aromatic heterocycles. The number of nitrogens with one attached hydrogen (secondary N) is 1. The quantitative estimate of drug-likeness (QED) is 0.945. The Morgan fingerprint density at radius 2 is 2.35 bits per heavy atom. The van der Waals surface area contributed by atoms with Gasteiger partial charge in [-0.05, 0) is 36.8 Å². The number of hydrogen-bond donors (Lipinski definition) is 1. The first kappa shape index (κ1) is 11.9. The number of carbonyl (C=O) groups is 1. The van der Waals surface area contributed by atoms with E-state index < -0.39 is 0 Å². The lowest BCUT2D eigenvalue weighted by molar-refractivity contribution is -0.116. The molecule has 0 radical (unpaired) electrons. The van der Waals surface area contributed by atoms with Crippen LogP contribution in [0, 0.1) is 6.92 Å². The highest BCUT2D eigenvalue weighted by molar-refractivity contribution is 9.10. The van der Waals surface area contributed by atoms with Gasteiger partial charge in [-0.1, -0.05) is 15.9 Å². The van der Waals surface area contributed by atoms with E-state index in [1.54, 1.807) is 23.1 Å². The lowest BCUT2D eigenvalue weighted by Crippen LogP contribution is -2.19. The molecular weight excluding hydrogens is 282 g/mol. The van der Waals surface area contributed by atoms with Crippen molar-refractivity contribution in [2.75, 3.05) is 5.32 Å². The molecule has 4 nitrogen and oxygen atoms in total. The third-order valence-corrected chi connectivity index (χ3v) is 2.82. The molecule has 5 heteroatoms. The molecule has 1 N–H and O–H groups in total. The number of hydrogen-bond acceptors (Lipinski definition) is 2. The normalized spacial score (nSPS) is 10.2. The van der Waals surface area contributed by atoms with Gasteiger partial charge in [0.1, 0.15) is 6.54 Å². The smallest absolute Gasteiger partial charge is 0.246 e. The van der Waals surface area contributed by atoms with Gasteiger partial charge in [-0.2, -0.15) is 5.10 Å². The van der Waals surface area contributed by atoms with Crippen molar-refractivity contribution in [1.29, 1.82) is 0 Å². The Hall–Kier alpha value is -1.62. The number of nitrogens with zero attached hydrogens (tertiary/aromatic N) is 2. The van der Waals surface area contributed by atoms with Gasteiger partial charge in [-0.15, -0.1) is 0 Å². The van der Waals surface area contributed by atoms with E-state index in [-0.39, 0.29) is 12.5 Å². The van der Waals surface area contributed by atoms with Crippen LogP contribution < -0.4 is 5.32 Å². The Morgan fingerprint density at radius 3 is 3.00 bits per heavy atom. The molecule has 0 spiro atoms. The molecule has 0 aliphatic heterocycles. The fourth-order valence-electron chi connectivity index (χ4n) is 1.50. The zero-order valence-corrected chi connectivity index (χ0v) is 10.9. The number of anilines is 1. The minimum absolute atomic E-state index is 0.0841. The molecule has 0 aliphatic rings. The van der Waals surface area contributed by atoms with Crippen LogP contribution in [0.5, 0.6) is 0 Å². The van der Waals surface area contributed by atoms with Gasteiger partial charge < -0.3 is 5.32 Å². The van der Waals surface area contributed by atoms with E-state index in [2.05, 4.69) is 26.3 Å². The Labute approximate surface area is 108 Å². The average molecular weight is 294 g/mol. The molecule has 2 aromatic rings. The third kappa shape index (κ3) is 3.17. The number of halogens is 1. The highest BCUT2D eigenvalue weighted by Crippen LogP contribution is 2.19. The zero-order valence-electron chi connectivity index (χ0n) is 9.35. The Morgan fingerprint density at radius 1 is 1.53 bits per heavy atom. The first-order valence-electron chi connectivity index (χ1n) is 5.18. The molecule has 0 unspecified atom stereocenters. The van der Waals surface area contributed by atoms with Crippen molar-refractivity contribution in [2.45, 2.75) is 13.5 Å². The molecule has 0 bridgehead atoms. The monoisotopic (exact) mass is 293 g/mol. The van der Waals surface area contributed by atoms with Crippen LogP contribution in [0.4, 0.5) is 5.69 Å². The van der Waals surface area contributed by atoms with Crippen LogP contribution in [0.15, 0.2) is 41.1 Å². The highest BCUT2D eigenvalue weighted by atomic mass is 79.9. The topological polar surface area (TPSA) is 46.9 Å². The lowest BCUT2D eigenvalue weighted by Gasteiger charge is -2.08. The van der Waals surface area contributed by atoms with Crippen molar-refractivity contribution in [1.82, 2.24) is 9.78 Å². The van der Waals surface area contributed by atoms with Crippen LogP contribution in [0.3, 0.4) is 0 Å². The van der Waals surface area contributed by atoms with E-state index in [1.807, 2.05) is 25.1 Å². The average Bonchev–Trinajstić information content (AvgIpc) is 2.75. The van der Waals surface area contributed by atoms with E-state index in [9.17, 15) is 4.79 Å². The zero-order chi connectivity index (χ0) is 12.3. The number of aryl methyl sites for hydroxylation is 1. The van der Waals surface area contributed by atoms with Crippen molar-refractivity contribution in [3.63, 3.8) is 0 Å². The van der Waals surface area contributed by atoms with Crippen molar-refractivity contribution >= 4 is 27.5 Å². The van der Waals surface area contributed by atoms with Crippen LogP contribution in [0.1, 0.15) is 5.56 Å². The Kier molecular flexibility index (Phi) is 3.58. The fourth-order valence-corrected chi connectivity index (χ4v) is 1.97. The van der Waals surface area contributed by atoms with Crippen LogP contribution in [-0.2, 0) is 11.3 Å². The molecule has 0 saturated heterocycles. The molecule has 17 heavy (non-hydrogen) atoms. The number of benzene rings is 1. The summed E-state index contributed by atoms with van der Waals surface area (Å²) in [6.07, 6.45) is 3.41. The van der Waals surface area contributed by atoms with E-state index in [1.165, 1.54) is 0 Å². The Balaban J connectivity index is 2.03. The minimum Gasteiger partial charge on any atom is -0.324 e. The molecule has 1 heterocycles. The largest absolute Gasteiger partial charge is 0.324 e. The second kappa shape index (κ2) is 5.14. The molecule has 1 amide bonds. The predicted octanol–water partition coefficient (Wildman–Crippen LogP) is 2.59. The standard InChI is InChI=1S/C12H12BrN3O/c1-9-7-10(13)3-4-11(9)15-12(17)8-16-6-2-5-14-16/h2-7H,8H2,1H3,(H,15,17). The van der Waals surface area contributed by atoms with Gasteiger partial charge in [0.25, 0.3) is 0 Å². The van der Waals surface area contributed by atoms with Gasteiger partial charge in [0, 0.05) is 22.6 Å². The van der Waals surface area contributed by atoms with Crippen LogP contribution in [-0.4, -0.2) is 15.7 Å². The predicted molar refractivity (Wildman–Crippen MR) is 69.7 cm³/mol. The number of carbonyl (C=O) groups excluding carboxylic acids is 1. The summed E-state index contributed by atoms with van der Waals surface area (Å²) in [5.41, 5.74) is 1.85. The maximum absolute atomic E-state index is 11.7. The molecule has 88 valence electrons. The van der Waals surface area contributed by atoms with Crippen molar-refractivity contribution in [3.05, 3.63) is 46.7 Å². The summed E-state index contributed by atoms with van der Waals surface area (Å²) in [6.45, 7) is 2.18. The summed E-state index contributed by atoms with van der Waals surface area (Å²) >= 11 is 3.38. The minimum atomic E-state index is -0.0841. The number of rotatable bonds is 3. The van der Waals surface area contributed by atoms with Gasteiger partial charge in [-0.3, -0.25) is 9.48 Å². The second-order valence-corrected chi connectivity index (χ2v) is 4.63. The first-order chi connectivity index (χ1) is 8.15. The fraction of sp³-hybridized carbons (Fsp3) is 0.167. The van der Waals surface area contributed by atoms with Gasteiger partial charge in [0.05, 0.1) is 0 Å². The molecule has 2 rings (SSSR count). The van der Waals surface area contributed by atoms with Crippen LogP contribution >= 0.6 is 15.9 Å². The van der Waals surface area contributed by atoms with Gasteiger partial charge >= 0.3 is 0 Å². The van der Waals surface area contributed by atoms with Crippen molar-refractivity contribution in [2.24, 2.45) is 0 Å². The molecule has 0 aliphatic carbocycles. The third-order valence-electron chi connectivity index (χ3n) is 2.33. The second-order valence-electron chi connectivity index (χ2n) is 3.71. The van der Waals surface area contributed by atoms with Crippen LogP contribution in [0.2, 0.25) is 0 Å². The van der Waals surface area contributed by atoms with Gasteiger partial charge in [0.15, 0.2) is 0 Å². The summed E-state index contributed by atoms with van der Waals surface area (Å²) in [5, 5.41) is 6.84. The van der Waals surface area contributed by atoms with Gasteiger partial charge in [-0.25, -0.2) is 0 Å². The number of aromatic nitrogens is 2. The maximum Gasteiger partial charge on any atom is 0.246 e. The molecule has 0 saturated carbocycles. The van der Waals surface area contributed by atoms with E-state index in [4.69, 9.17) is 0 Å². The van der Waals surface area contributed by atoms with Crippen LogP contribution in [0.25, 0.3) is 0 Å². The van der Waals surface area contributed by atoms with E-state index in [0.29, 0.717) is 0 Å². The molecular formula is C12H12BrN3O. The summed E-state index contributed by atoms with van der Waals surface area (Å²) in [6, 6.07) is 7.53. The molecule has 0 fully saturated rings. The SMILES string of the molecule is Cc1cc(Br)ccc1NC(=O)Cn1cccn1. The van der Waals surface area contributed by atoms with E-state index >= 15 is 0 Å². The Bertz CT molecular complexity index is 523. The van der Waals surface area contributed by atoms with Crippen molar-refractivity contribution < 1.29 is 4.79 Å². The summed E-state index contributed by atoms with van der Waals surface area (Å²) in [4.78, 5) is 11.7. The van der Waals surface area contributed by atoms with Crippen molar-refractivity contribution in [3.8, 4) is 0 Å². The summed E-state index contributed by atoms with van der Waals surface area (Å²) in [7, 11) is 0. The lowest BCUT2D eigenvalue weighted by atomic mass is 10.2. The molecule has 1 aromatic carbocycles. The van der Waals surface area contributed by atoms with E-state index in [0.717, 1.165) is 15.7 Å². The molecule has 0 atom stereocenters. The summed E-state index contributed by atoms with van der Waals surface area (Å²) < 4.78 is 2.59. The maximum atomic E-state index is 11.7. The highest BCUT2D eigenvalue weighted by Gasteiger charge is 2.05. The summed E-state index contributed by atoms with van der Waals surface area (Å²) in [5.74, 6) is -0.0841.